The van der Waals surface area contributed by atoms with Crippen molar-refractivity contribution in [2.24, 2.45) is 0 Å². The van der Waals surface area contributed by atoms with Gasteiger partial charge in [0.1, 0.15) is 0 Å². The highest BCUT2D eigenvalue weighted by atomic mass is 16.5. The number of rotatable bonds is 7. The number of benzene rings is 2. The van der Waals surface area contributed by atoms with E-state index in [2.05, 4.69) is 5.32 Å². The van der Waals surface area contributed by atoms with Gasteiger partial charge in [-0.25, -0.2) is 14.4 Å². The SMILES string of the molecule is CCCCOC(=O)c1ccc(NC(=O)N(C)c2ccccc2C(=O)O)cc1. The lowest BCUT2D eigenvalue weighted by Crippen LogP contribution is -2.32. The molecule has 0 heterocycles. The van der Waals surface area contributed by atoms with Crippen LogP contribution in [0.15, 0.2) is 48.5 Å². The van der Waals surface area contributed by atoms with Crippen molar-refractivity contribution in [3.8, 4) is 0 Å². The third-order valence-electron chi connectivity index (χ3n) is 3.90. The molecule has 0 radical (unpaired) electrons. The van der Waals surface area contributed by atoms with E-state index < -0.39 is 18.0 Å². The number of carbonyl (C=O) groups excluding carboxylic acids is 2. The lowest BCUT2D eigenvalue weighted by molar-refractivity contribution is 0.0499. The van der Waals surface area contributed by atoms with Crippen LogP contribution in [-0.4, -0.2) is 36.7 Å². The summed E-state index contributed by atoms with van der Waals surface area (Å²) in [4.78, 5) is 36.8. The fourth-order valence-electron chi connectivity index (χ4n) is 2.35. The summed E-state index contributed by atoms with van der Waals surface area (Å²) >= 11 is 0. The normalized spacial score (nSPS) is 10.1. The van der Waals surface area contributed by atoms with Crippen molar-refractivity contribution in [2.75, 3.05) is 23.9 Å². The summed E-state index contributed by atoms with van der Waals surface area (Å²) in [6.45, 7) is 2.39. The number of anilines is 2. The van der Waals surface area contributed by atoms with Gasteiger partial charge in [-0.2, -0.15) is 0 Å². The topological polar surface area (TPSA) is 95.9 Å². The molecule has 0 saturated heterocycles. The maximum absolute atomic E-state index is 12.4. The molecule has 7 heteroatoms. The summed E-state index contributed by atoms with van der Waals surface area (Å²) in [6, 6.07) is 12.0. The number of nitrogens with zero attached hydrogens (tertiary/aromatic N) is 1. The number of hydrogen-bond acceptors (Lipinski definition) is 4. The summed E-state index contributed by atoms with van der Waals surface area (Å²) in [6.07, 6.45) is 1.75. The number of carboxylic acids is 1. The molecular weight excluding hydrogens is 348 g/mol. The molecule has 2 aromatic carbocycles. The Morgan fingerprint density at radius 3 is 2.37 bits per heavy atom. The highest BCUT2D eigenvalue weighted by Gasteiger charge is 2.18. The maximum atomic E-state index is 12.4. The molecule has 142 valence electrons. The van der Waals surface area contributed by atoms with E-state index in [0.29, 0.717) is 17.9 Å². The van der Waals surface area contributed by atoms with E-state index in [9.17, 15) is 19.5 Å². The van der Waals surface area contributed by atoms with Gasteiger partial charge < -0.3 is 15.2 Å². The van der Waals surface area contributed by atoms with Gasteiger partial charge in [0.25, 0.3) is 0 Å². The summed E-state index contributed by atoms with van der Waals surface area (Å²) in [7, 11) is 1.48. The molecule has 0 aliphatic heterocycles. The smallest absolute Gasteiger partial charge is 0.338 e. The van der Waals surface area contributed by atoms with Crippen LogP contribution in [0.2, 0.25) is 0 Å². The Kier molecular flexibility index (Phi) is 6.93. The molecule has 0 aliphatic carbocycles. The minimum atomic E-state index is -1.11. The number of unbranched alkanes of at least 4 members (excludes halogenated alkanes) is 1. The molecule has 27 heavy (non-hydrogen) atoms. The zero-order valence-corrected chi connectivity index (χ0v) is 15.3. The second-order valence-electron chi connectivity index (χ2n) is 5.88. The molecule has 0 spiro atoms. The number of nitrogens with one attached hydrogen (secondary N) is 1. The Labute approximate surface area is 157 Å². The Bertz CT molecular complexity index is 817. The van der Waals surface area contributed by atoms with E-state index >= 15 is 0 Å². The van der Waals surface area contributed by atoms with Crippen molar-refractivity contribution >= 4 is 29.3 Å². The van der Waals surface area contributed by atoms with Crippen molar-refractivity contribution in [2.45, 2.75) is 19.8 Å². The maximum Gasteiger partial charge on any atom is 0.338 e. The molecular formula is C20H22N2O5. The third kappa shape index (κ3) is 5.31. The third-order valence-corrected chi connectivity index (χ3v) is 3.90. The van der Waals surface area contributed by atoms with Gasteiger partial charge in [-0.3, -0.25) is 4.90 Å². The van der Waals surface area contributed by atoms with Gasteiger partial charge in [-0.05, 0) is 42.8 Å². The first-order valence-electron chi connectivity index (χ1n) is 8.58. The molecule has 0 atom stereocenters. The number of esters is 1. The predicted octanol–water partition coefficient (Wildman–Crippen LogP) is 4.01. The van der Waals surface area contributed by atoms with Gasteiger partial charge in [-0.15, -0.1) is 0 Å². The minimum absolute atomic E-state index is 0.0281. The van der Waals surface area contributed by atoms with Crippen molar-refractivity contribution in [1.82, 2.24) is 0 Å². The number of aromatic carboxylic acids is 1. The van der Waals surface area contributed by atoms with Gasteiger partial charge in [0.2, 0.25) is 0 Å². The zero-order valence-electron chi connectivity index (χ0n) is 15.3. The summed E-state index contributed by atoms with van der Waals surface area (Å²) in [5.41, 5.74) is 1.18. The van der Waals surface area contributed by atoms with Gasteiger partial charge in [0, 0.05) is 12.7 Å². The molecule has 0 saturated carbocycles. The summed E-state index contributed by atoms with van der Waals surface area (Å²) < 4.78 is 5.13. The zero-order chi connectivity index (χ0) is 19.8. The highest BCUT2D eigenvalue weighted by Crippen LogP contribution is 2.20. The molecule has 0 aliphatic rings. The first-order valence-corrected chi connectivity index (χ1v) is 8.58. The monoisotopic (exact) mass is 370 g/mol. The Morgan fingerprint density at radius 1 is 1.07 bits per heavy atom. The van der Waals surface area contributed by atoms with E-state index in [1.807, 2.05) is 6.92 Å². The van der Waals surface area contributed by atoms with E-state index in [4.69, 9.17) is 4.74 Å². The predicted molar refractivity (Wildman–Crippen MR) is 102 cm³/mol. The average Bonchev–Trinajstić information content (AvgIpc) is 2.68. The second-order valence-corrected chi connectivity index (χ2v) is 5.88. The fraction of sp³-hybridized carbons (Fsp3) is 0.250. The van der Waals surface area contributed by atoms with Crippen LogP contribution >= 0.6 is 0 Å². The molecule has 2 aromatic rings. The van der Waals surface area contributed by atoms with Crippen LogP contribution in [0.1, 0.15) is 40.5 Å². The number of carbonyl (C=O) groups is 3. The van der Waals surface area contributed by atoms with Gasteiger partial charge in [0.15, 0.2) is 0 Å². The Hall–Kier alpha value is -3.35. The first kappa shape index (κ1) is 20.0. The molecule has 7 nitrogen and oxygen atoms in total. The van der Waals surface area contributed by atoms with Crippen molar-refractivity contribution in [3.05, 3.63) is 59.7 Å². The lowest BCUT2D eigenvalue weighted by Gasteiger charge is -2.20. The standard InChI is InChI=1S/C20H22N2O5/c1-3-4-13-27-19(25)14-9-11-15(12-10-14)21-20(26)22(2)17-8-6-5-7-16(17)18(23)24/h5-12H,3-4,13H2,1-2H3,(H,21,26)(H,23,24). The van der Waals surface area contributed by atoms with Crippen LogP contribution in [0.25, 0.3) is 0 Å². The van der Waals surface area contributed by atoms with Crippen LogP contribution < -0.4 is 10.2 Å². The van der Waals surface area contributed by atoms with E-state index in [0.717, 1.165) is 12.8 Å². The van der Waals surface area contributed by atoms with Crippen molar-refractivity contribution < 1.29 is 24.2 Å². The van der Waals surface area contributed by atoms with E-state index in [-0.39, 0.29) is 11.3 Å². The molecule has 2 amide bonds. The van der Waals surface area contributed by atoms with Crippen LogP contribution in [0.4, 0.5) is 16.2 Å². The van der Waals surface area contributed by atoms with Crippen molar-refractivity contribution in [1.29, 1.82) is 0 Å². The number of urea groups is 1. The van der Waals surface area contributed by atoms with E-state index in [1.165, 1.54) is 18.0 Å². The Morgan fingerprint density at radius 2 is 1.74 bits per heavy atom. The fourth-order valence-corrected chi connectivity index (χ4v) is 2.35. The number of hydrogen-bond donors (Lipinski definition) is 2. The van der Waals surface area contributed by atoms with E-state index in [1.54, 1.807) is 42.5 Å². The number of carboxylic acid groups (broad SMARTS) is 1. The van der Waals surface area contributed by atoms with Crippen LogP contribution in [0.3, 0.4) is 0 Å². The van der Waals surface area contributed by atoms with Gasteiger partial charge in [-0.1, -0.05) is 25.5 Å². The number of ether oxygens (including phenoxy) is 1. The second kappa shape index (κ2) is 9.38. The lowest BCUT2D eigenvalue weighted by atomic mass is 10.1. The molecule has 0 unspecified atom stereocenters. The highest BCUT2D eigenvalue weighted by molar-refractivity contribution is 6.06. The van der Waals surface area contributed by atoms with Crippen molar-refractivity contribution in [3.63, 3.8) is 0 Å². The molecule has 0 aromatic heterocycles. The van der Waals surface area contributed by atoms with Gasteiger partial charge >= 0.3 is 18.0 Å². The quantitative estimate of drug-likeness (QED) is 0.567. The largest absolute Gasteiger partial charge is 0.478 e. The number of para-hydroxylation sites is 1. The number of amides is 2. The molecule has 0 fully saturated rings. The van der Waals surface area contributed by atoms with Gasteiger partial charge in [0.05, 0.1) is 23.4 Å². The molecule has 0 bridgehead atoms. The average molecular weight is 370 g/mol. The summed E-state index contributed by atoms with van der Waals surface area (Å²) in [5.74, 6) is -1.52. The molecule has 2 rings (SSSR count). The van der Waals surface area contributed by atoms with Crippen LogP contribution in [0, 0.1) is 0 Å². The summed E-state index contributed by atoms with van der Waals surface area (Å²) in [5, 5.41) is 11.9. The minimum Gasteiger partial charge on any atom is -0.478 e. The van der Waals surface area contributed by atoms with Crippen LogP contribution in [-0.2, 0) is 4.74 Å². The van der Waals surface area contributed by atoms with Crippen LogP contribution in [0.5, 0.6) is 0 Å². The first-order chi connectivity index (χ1) is 12.9. The Balaban J connectivity index is 2.03. The molecule has 2 N–H and O–H groups in total.